The van der Waals surface area contributed by atoms with Gasteiger partial charge in [0.25, 0.3) is 5.90 Å². The molecule has 0 atom stereocenters. The summed E-state index contributed by atoms with van der Waals surface area (Å²) in [4.78, 5) is 17.9. The lowest BCUT2D eigenvalue weighted by Crippen LogP contribution is -2.14. The Morgan fingerprint density at radius 2 is 1.54 bits per heavy atom. The van der Waals surface area contributed by atoms with Gasteiger partial charge in [-0.2, -0.15) is 8.78 Å². The van der Waals surface area contributed by atoms with Gasteiger partial charge in [-0.25, -0.2) is 4.39 Å². The van der Waals surface area contributed by atoms with E-state index in [1.54, 1.807) is 20.0 Å². The van der Waals surface area contributed by atoms with E-state index >= 15 is 0 Å². The Hall–Kier alpha value is -3.48. The Labute approximate surface area is 220 Å². The molecule has 37 heavy (non-hydrogen) atoms. The van der Waals surface area contributed by atoms with Gasteiger partial charge in [-0.15, -0.1) is 0 Å². The Morgan fingerprint density at radius 1 is 0.973 bits per heavy atom. The lowest BCUT2D eigenvalue weighted by molar-refractivity contribution is 0.101. The van der Waals surface area contributed by atoms with Crippen LogP contribution in [-0.4, -0.2) is 38.9 Å². The monoisotopic (exact) mass is 518 g/mol. The number of ether oxygens (including phenoxy) is 1. The maximum Gasteiger partial charge on any atom is 0.312 e. The van der Waals surface area contributed by atoms with E-state index in [2.05, 4.69) is 36.8 Å². The zero-order chi connectivity index (χ0) is 29.1. The van der Waals surface area contributed by atoms with Crippen LogP contribution in [0.3, 0.4) is 0 Å². The Bertz CT molecular complexity index is 1060. The normalized spacial score (nSPS) is 10.0. The fourth-order valence-electron chi connectivity index (χ4n) is 2.85. The first-order chi connectivity index (χ1) is 17.5. The summed E-state index contributed by atoms with van der Waals surface area (Å²) in [7, 11) is 2.81. The zero-order valence-corrected chi connectivity index (χ0v) is 23.4. The highest BCUT2D eigenvalue weighted by molar-refractivity contribution is 5.96. The van der Waals surface area contributed by atoms with Crippen molar-refractivity contribution in [3.8, 4) is 0 Å². The van der Waals surface area contributed by atoms with Crippen molar-refractivity contribution in [3.05, 3.63) is 83.2 Å². The molecule has 0 unspecified atom stereocenters. The number of rotatable bonds is 7. The molecule has 0 bridgehead atoms. The number of benzene rings is 2. The molecule has 2 aromatic carbocycles. The number of carbonyl (C=O) groups excluding carboxylic acids is 1. The van der Waals surface area contributed by atoms with Crippen LogP contribution in [0.5, 0.6) is 0 Å². The number of hydrogen-bond donors (Lipinski definition) is 0. The number of aliphatic imine (C=N–C) groups is 2. The first kappa shape index (κ1) is 35.7. The molecule has 0 aliphatic heterocycles. The highest BCUT2D eigenvalue weighted by atomic mass is 19.3. The molecule has 0 fully saturated rings. The molecule has 7 heteroatoms. The average Bonchev–Trinajstić information content (AvgIpc) is 2.88. The van der Waals surface area contributed by atoms with Gasteiger partial charge in [-0.1, -0.05) is 64.6 Å². The van der Waals surface area contributed by atoms with Crippen LogP contribution in [0.25, 0.3) is 11.3 Å². The number of alkyl halides is 2. The fourth-order valence-corrected chi connectivity index (χ4v) is 2.85. The highest BCUT2D eigenvalue weighted by Gasteiger charge is 2.17. The molecule has 2 rings (SSSR count). The quantitative estimate of drug-likeness (QED) is 0.160. The highest BCUT2D eigenvalue weighted by Crippen LogP contribution is 2.21. The van der Waals surface area contributed by atoms with Crippen molar-refractivity contribution in [1.29, 1.82) is 0 Å². The summed E-state index contributed by atoms with van der Waals surface area (Å²) >= 11 is 0. The second kappa shape index (κ2) is 19.7. The molecular weight excluding hydrogens is 477 g/mol. The number of hydrogen-bond acceptors (Lipinski definition) is 4. The minimum atomic E-state index is -2.86. The summed E-state index contributed by atoms with van der Waals surface area (Å²) in [5.41, 5.74) is 4.84. The lowest BCUT2D eigenvalue weighted by Gasteiger charge is -2.11. The van der Waals surface area contributed by atoms with Crippen molar-refractivity contribution in [2.45, 2.75) is 60.8 Å². The smallest absolute Gasteiger partial charge is 0.312 e. The van der Waals surface area contributed by atoms with Gasteiger partial charge in [0.15, 0.2) is 5.78 Å². The summed E-state index contributed by atoms with van der Waals surface area (Å²) < 4.78 is 43.3. The van der Waals surface area contributed by atoms with Gasteiger partial charge in [0.1, 0.15) is 11.6 Å². The molecule has 0 radical (unpaired) electrons. The molecule has 0 saturated heterocycles. The summed E-state index contributed by atoms with van der Waals surface area (Å²) in [5.74, 6) is -1.39. The molecule has 0 aromatic heterocycles. The van der Waals surface area contributed by atoms with E-state index in [0.29, 0.717) is 6.42 Å². The Morgan fingerprint density at radius 3 is 1.92 bits per heavy atom. The number of halogens is 3. The first-order valence-corrected chi connectivity index (χ1v) is 12.0. The van der Waals surface area contributed by atoms with E-state index in [4.69, 9.17) is 4.74 Å². The van der Waals surface area contributed by atoms with E-state index in [1.165, 1.54) is 19.2 Å². The molecule has 0 N–H and O–H groups in total. The van der Waals surface area contributed by atoms with Crippen LogP contribution in [0.1, 0.15) is 74.2 Å². The van der Waals surface area contributed by atoms with Gasteiger partial charge in [0.05, 0.1) is 5.56 Å². The van der Waals surface area contributed by atoms with Crippen molar-refractivity contribution in [2.24, 2.45) is 9.98 Å². The van der Waals surface area contributed by atoms with E-state index in [9.17, 15) is 18.0 Å². The third kappa shape index (κ3) is 12.9. The summed E-state index contributed by atoms with van der Waals surface area (Å²) in [6.07, 6.45) is -1.28. The van der Waals surface area contributed by atoms with Crippen LogP contribution in [0.4, 0.5) is 13.2 Å². The van der Waals surface area contributed by atoms with Crippen molar-refractivity contribution < 1.29 is 22.7 Å². The van der Waals surface area contributed by atoms with Gasteiger partial charge in [0.2, 0.25) is 0 Å². The predicted octanol–water partition coefficient (Wildman–Crippen LogP) is 8.50. The maximum atomic E-state index is 13.7. The first-order valence-electron chi connectivity index (χ1n) is 12.0. The third-order valence-electron chi connectivity index (χ3n) is 4.74. The number of Topliss-reactive ketones (excluding diaryl/α,β-unsaturated/α-hetero) is 1. The average molecular weight is 519 g/mol. The zero-order valence-electron chi connectivity index (χ0n) is 23.4. The number of nitrogens with zero attached hydrogens (tertiary/aromatic N) is 2. The molecule has 0 amide bonds. The van der Waals surface area contributed by atoms with E-state index < -0.39 is 18.1 Å². The largest absolute Gasteiger partial charge is 0.438 e. The summed E-state index contributed by atoms with van der Waals surface area (Å²) in [5, 5.41) is 0. The second-order valence-corrected chi connectivity index (χ2v) is 7.43. The van der Waals surface area contributed by atoms with Crippen LogP contribution in [-0.2, 0) is 17.6 Å². The van der Waals surface area contributed by atoms with Gasteiger partial charge >= 0.3 is 6.43 Å². The molecule has 2 aromatic rings. The lowest BCUT2D eigenvalue weighted by atomic mass is 9.97. The molecule has 4 nitrogen and oxygen atoms in total. The topological polar surface area (TPSA) is 51.0 Å². The van der Waals surface area contributed by atoms with Crippen LogP contribution >= 0.6 is 0 Å². The van der Waals surface area contributed by atoms with Crippen LogP contribution in [0.2, 0.25) is 0 Å². The van der Waals surface area contributed by atoms with Crippen LogP contribution in [0, 0.1) is 5.82 Å². The van der Waals surface area contributed by atoms with Crippen molar-refractivity contribution in [1.82, 2.24) is 0 Å². The Kier molecular flexibility index (Phi) is 19.0. The standard InChI is InChI=1S/C13H14F3NO.C13H16O.C2H5N.C2H6/c1-4-9-5-6-10(11(14)7-9)8(2)18-13(17-3)12(15)16;1-5-11-6-7-12(9(2)3)8-13(11)10(4)14;1-3-2;1-2/h5-7,12H,2,4H2,1,3H3;6-8H,2,5H2,1,3-4H3;1H2,2H3;1-2H3. The van der Waals surface area contributed by atoms with Crippen LogP contribution in [0.15, 0.2) is 59.5 Å². The molecular formula is C30H41F3N2O2. The van der Waals surface area contributed by atoms with Crippen molar-refractivity contribution in [3.63, 3.8) is 0 Å². The third-order valence-corrected chi connectivity index (χ3v) is 4.74. The SMILES string of the molecule is C=C(C)c1ccc(CC)c(C(C)=O)c1.C=C(OC(=NC)C(F)F)c1ccc(CC)cc1F.C=NC.CC. The molecule has 204 valence electrons. The fraction of sp³-hybridized carbons (Fsp3) is 0.367. The maximum absolute atomic E-state index is 13.7. The number of allylic oxidation sites excluding steroid dienone is 1. The van der Waals surface area contributed by atoms with Gasteiger partial charge in [0, 0.05) is 19.7 Å². The number of ketones is 1. The second-order valence-electron chi connectivity index (χ2n) is 7.43. The molecule has 0 aliphatic rings. The van der Waals surface area contributed by atoms with E-state index in [1.807, 2.05) is 45.9 Å². The van der Waals surface area contributed by atoms with Crippen molar-refractivity contribution in [2.75, 3.05) is 14.1 Å². The molecule has 0 spiro atoms. The molecule has 0 aliphatic carbocycles. The van der Waals surface area contributed by atoms with Gasteiger partial charge in [-0.3, -0.25) is 9.79 Å². The minimum absolute atomic E-state index is 0.0500. The van der Waals surface area contributed by atoms with Crippen LogP contribution < -0.4 is 0 Å². The van der Waals surface area contributed by atoms with Crippen molar-refractivity contribution >= 4 is 29.7 Å². The van der Waals surface area contributed by atoms with Gasteiger partial charge < -0.3 is 9.73 Å². The number of carbonyl (C=O) groups is 1. The number of aryl methyl sites for hydroxylation is 2. The predicted molar refractivity (Wildman–Crippen MR) is 153 cm³/mol. The molecule has 0 heterocycles. The van der Waals surface area contributed by atoms with Gasteiger partial charge in [-0.05, 0) is 68.3 Å². The summed E-state index contributed by atoms with van der Waals surface area (Å²) in [6.45, 7) is 21.9. The van der Waals surface area contributed by atoms with E-state index in [-0.39, 0.29) is 17.1 Å². The minimum Gasteiger partial charge on any atom is -0.438 e. The van der Waals surface area contributed by atoms with E-state index in [0.717, 1.165) is 34.2 Å². The summed E-state index contributed by atoms with van der Waals surface area (Å²) in [6, 6.07) is 10.4. The molecule has 0 saturated carbocycles. The Balaban J connectivity index is 0.